The van der Waals surface area contributed by atoms with Gasteiger partial charge in [-0.15, -0.1) is 0 Å². The number of benzene rings is 5. The molecule has 0 N–H and O–H groups in total. The largest absolute Gasteiger partial charge is 0.254 e. The molecule has 30 heavy (non-hydrogen) atoms. The lowest BCUT2D eigenvalue weighted by atomic mass is 9.91. The Kier molecular flexibility index (Phi) is 3.03. The maximum Gasteiger partial charge on any atom is 0.0972 e. The summed E-state index contributed by atoms with van der Waals surface area (Å²) in [5, 5.41) is 9.97. The average molecular weight is 380 g/mol. The first-order chi connectivity index (χ1) is 14.9. The number of aromatic nitrogens is 2. The van der Waals surface area contributed by atoms with Gasteiger partial charge in [0.25, 0.3) is 0 Å². The molecule has 0 saturated carbocycles. The average Bonchev–Trinajstić information content (AvgIpc) is 2.82. The topological polar surface area (TPSA) is 25.8 Å². The van der Waals surface area contributed by atoms with Crippen molar-refractivity contribution in [1.82, 2.24) is 9.97 Å². The summed E-state index contributed by atoms with van der Waals surface area (Å²) in [6.45, 7) is 0. The van der Waals surface area contributed by atoms with Gasteiger partial charge in [0.2, 0.25) is 0 Å². The number of hydrogen-bond acceptors (Lipinski definition) is 2. The molecule has 2 nitrogen and oxygen atoms in total. The fourth-order valence-corrected chi connectivity index (χ4v) is 4.83. The van der Waals surface area contributed by atoms with E-state index in [0.717, 1.165) is 33.1 Å². The number of nitrogens with zero attached hydrogens (tertiary/aromatic N) is 2. The minimum Gasteiger partial charge on any atom is -0.254 e. The second-order valence-corrected chi connectivity index (χ2v) is 7.88. The van der Waals surface area contributed by atoms with Gasteiger partial charge in [0, 0.05) is 22.5 Å². The third kappa shape index (κ3) is 2.08. The zero-order valence-corrected chi connectivity index (χ0v) is 16.1. The van der Waals surface area contributed by atoms with Crippen LogP contribution < -0.4 is 0 Å². The van der Waals surface area contributed by atoms with Crippen LogP contribution in [0.15, 0.2) is 97.2 Å². The van der Waals surface area contributed by atoms with Crippen LogP contribution in [-0.4, -0.2) is 9.97 Å². The third-order valence-corrected chi connectivity index (χ3v) is 6.24. The Morgan fingerprint density at radius 1 is 0.467 bits per heavy atom. The Morgan fingerprint density at radius 3 is 1.97 bits per heavy atom. The second kappa shape index (κ2) is 5.74. The van der Waals surface area contributed by atoms with Gasteiger partial charge in [-0.2, -0.15) is 0 Å². The summed E-state index contributed by atoms with van der Waals surface area (Å²) < 4.78 is 0. The molecule has 2 heteroatoms. The van der Waals surface area contributed by atoms with Gasteiger partial charge >= 0.3 is 0 Å². The summed E-state index contributed by atoms with van der Waals surface area (Å²) in [7, 11) is 0. The standard InChI is InChI=1S/C28H16N2/c1-3-17-6-7-19-10-13-22(23-14-11-18(4-1)25(17)26(19)23)24-15-12-21-9-8-20-5-2-16-29-27(20)28(21)30-24/h1-16H. The van der Waals surface area contributed by atoms with Crippen molar-refractivity contribution in [3.05, 3.63) is 97.2 Å². The molecule has 138 valence electrons. The molecule has 0 bridgehead atoms. The molecule has 5 aromatic carbocycles. The van der Waals surface area contributed by atoms with Crippen LogP contribution in [0.4, 0.5) is 0 Å². The van der Waals surface area contributed by atoms with Gasteiger partial charge in [0.1, 0.15) is 0 Å². The molecule has 0 unspecified atom stereocenters. The lowest BCUT2D eigenvalue weighted by molar-refractivity contribution is 1.37. The zero-order chi connectivity index (χ0) is 19.7. The summed E-state index contributed by atoms with van der Waals surface area (Å²) >= 11 is 0. The van der Waals surface area contributed by atoms with Crippen molar-refractivity contribution in [2.75, 3.05) is 0 Å². The monoisotopic (exact) mass is 380 g/mol. The Bertz CT molecular complexity index is 1730. The van der Waals surface area contributed by atoms with E-state index in [-0.39, 0.29) is 0 Å². The van der Waals surface area contributed by atoms with Crippen molar-refractivity contribution in [2.45, 2.75) is 0 Å². The first-order valence-electron chi connectivity index (χ1n) is 10.2. The van der Waals surface area contributed by atoms with Gasteiger partial charge < -0.3 is 0 Å². The number of fused-ring (bicyclic) bond motifs is 3. The van der Waals surface area contributed by atoms with E-state index in [1.807, 2.05) is 12.3 Å². The molecule has 0 aliphatic rings. The van der Waals surface area contributed by atoms with Crippen molar-refractivity contribution in [3.8, 4) is 11.3 Å². The minimum absolute atomic E-state index is 0.953. The van der Waals surface area contributed by atoms with Crippen LogP contribution in [0.2, 0.25) is 0 Å². The van der Waals surface area contributed by atoms with Crippen molar-refractivity contribution in [3.63, 3.8) is 0 Å². The van der Waals surface area contributed by atoms with E-state index in [1.54, 1.807) is 0 Å². The van der Waals surface area contributed by atoms with Gasteiger partial charge in [-0.3, -0.25) is 4.98 Å². The molecule has 0 saturated heterocycles. The molecular formula is C28H16N2. The van der Waals surface area contributed by atoms with Gasteiger partial charge in [-0.25, -0.2) is 4.98 Å². The molecule has 0 spiro atoms. The predicted octanol–water partition coefficient (Wildman–Crippen LogP) is 7.35. The van der Waals surface area contributed by atoms with Crippen LogP contribution in [0.1, 0.15) is 0 Å². The van der Waals surface area contributed by atoms with E-state index >= 15 is 0 Å². The number of pyridine rings is 2. The van der Waals surface area contributed by atoms with E-state index in [4.69, 9.17) is 4.98 Å². The summed E-state index contributed by atoms with van der Waals surface area (Å²) in [5.74, 6) is 0. The van der Waals surface area contributed by atoms with Crippen LogP contribution in [0, 0.1) is 0 Å². The fraction of sp³-hybridized carbons (Fsp3) is 0. The Balaban J connectivity index is 1.60. The third-order valence-electron chi connectivity index (χ3n) is 6.24. The maximum atomic E-state index is 5.09. The van der Waals surface area contributed by atoms with E-state index in [2.05, 4.69) is 89.9 Å². The molecule has 0 aliphatic carbocycles. The molecule has 2 heterocycles. The van der Waals surface area contributed by atoms with Gasteiger partial charge in [0.05, 0.1) is 16.7 Å². The second-order valence-electron chi connectivity index (χ2n) is 7.88. The highest BCUT2D eigenvalue weighted by atomic mass is 14.8. The molecular weight excluding hydrogens is 364 g/mol. The van der Waals surface area contributed by atoms with Crippen LogP contribution in [0.5, 0.6) is 0 Å². The first-order valence-corrected chi connectivity index (χ1v) is 10.2. The van der Waals surface area contributed by atoms with Gasteiger partial charge in [-0.1, -0.05) is 78.9 Å². The van der Waals surface area contributed by atoms with Crippen molar-refractivity contribution in [2.24, 2.45) is 0 Å². The molecule has 2 aromatic heterocycles. The van der Waals surface area contributed by atoms with Gasteiger partial charge in [0.15, 0.2) is 0 Å². The molecule has 0 atom stereocenters. The summed E-state index contributed by atoms with van der Waals surface area (Å²) in [4.78, 5) is 9.70. The quantitative estimate of drug-likeness (QED) is 0.278. The summed E-state index contributed by atoms with van der Waals surface area (Å²) in [6.07, 6.45) is 1.84. The molecule has 7 aromatic rings. The number of hydrogen-bond donors (Lipinski definition) is 0. The highest BCUT2D eigenvalue weighted by molar-refractivity contribution is 6.25. The molecule has 0 fully saturated rings. The SMILES string of the molecule is c1cnc2c(c1)ccc1ccc(-c3ccc4ccc5cccc6ccc3c4c56)nc12. The molecule has 0 radical (unpaired) electrons. The Morgan fingerprint density at radius 2 is 1.10 bits per heavy atom. The maximum absolute atomic E-state index is 5.09. The van der Waals surface area contributed by atoms with Crippen molar-refractivity contribution < 1.29 is 0 Å². The first kappa shape index (κ1) is 15.8. The Hall–Kier alpha value is -4.04. The van der Waals surface area contributed by atoms with Crippen molar-refractivity contribution in [1.29, 1.82) is 0 Å². The van der Waals surface area contributed by atoms with Crippen LogP contribution in [0.3, 0.4) is 0 Å². The summed E-state index contributed by atoms with van der Waals surface area (Å²) in [6, 6.07) is 32.4. The fourth-order valence-electron chi connectivity index (χ4n) is 4.83. The van der Waals surface area contributed by atoms with Gasteiger partial charge in [-0.05, 0) is 44.5 Å². The smallest absolute Gasteiger partial charge is 0.0972 e. The van der Waals surface area contributed by atoms with Crippen LogP contribution in [-0.2, 0) is 0 Å². The molecule has 0 aliphatic heterocycles. The minimum atomic E-state index is 0.953. The van der Waals surface area contributed by atoms with Crippen LogP contribution >= 0.6 is 0 Å². The van der Waals surface area contributed by atoms with E-state index in [0.29, 0.717) is 0 Å². The van der Waals surface area contributed by atoms with Crippen LogP contribution in [0.25, 0.3) is 65.4 Å². The molecule has 7 rings (SSSR count). The van der Waals surface area contributed by atoms with E-state index in [1.165, 1.54) is 32.3 Å². The highest BCUT2D eigenvalue weighted by Gasteiger charge is 2.13. The Labute approximate surface area is 172 Å². The number of rotatable bonds is 1. The van der Waals surface area contributed by atoms with E-state index in [9.17, 15) is 0 Å². The van der Waals surface area contributed by atoms with E-state index < -0.39 is 0 Å². The summed E-state index contributed by atoms with van der Waals surface area (Å²) in [5.41, 5.74) is 4.06. The zero-order valence-electron chi connectivity index (χ0n) is 16.1. The highest BCUT2D eigenvalue weighted by Crippen LogP contribution is 2.39. The molecule has 0 amide bonds. The lowest BCUT2D eigenvalue weighted by Crippen LogP contribution is -1.91. The predicted molar refractivity (Wildman–Crippen MR) is 126 cm³/mol. The van der Waals surface area contributed by atoms with Crippen molar-refractivity contribution >= 4 is 54.1 Å². The normalized spacial score (nSPS) is 12.0. The lowest BCUT2D eigenvalue weighted by Gasteiger charge is -2.14.